The molecule has 80 heavy (non-hydrogen) atoms. The first-order chi connectivity index (χ1) is 39.0. The minimum Gasteiger partial charge on any atom is -0.756 e. The van der Waals surface area contributed by atoms with Crippen molar-refractivity contribution in [2.75, 3.05) is 47.5 Å². The van der Waals surface area contributed by atoms with Crippen molar-refractivity contribution >= 4 is 19.8 Å². The summed E-state index contributed by atoms with van der Waals surface area (Å²) in [5, 5.41) is 0. The molecule has 0 heterocycles. The van der Waals surface area contributed by atoms with Gasteiger partial charge in [-0.1, -0.05) is 305 Å². The molecule has 0 aromatic carbocycles. The Labute approximate surface area is 495 Å². The summed E-state index contributed by atoms with van der Waals surface area (Å²) >= 11 is 0. The third-order valence-corrected chi connectivity index (χ3v) is 15.7. The fourth-order valence-electron chi connectivity index (χ4n) is 9.60. The second kappa shape index (κ2) is 61.0. The highest BCUT2D eigenvalue weighted by Gasteiger charge is 2.22. The van der Waals surface area contributed by atoms with Gasteiger partial charge in [0.25, 0.3) is 7.82 Å². The van der Waals surface area contributed by atoms with Gasteiger partial charge in [-0.15, -0.1) is 0 Å². The molecule has 0 radical (unpaired) electrons. The smallest absolute Gasteiger partial charge is 0.306 e. The summed E-state index contributed by atoms with van der Waals surface area (Å²) in [4.78, 5) is 38.0. The Morgan fingerprint density at radius 2 is 0.713 bits per heavy atom. The molecule has 0 rings (SSSR count). The topological polar surface area (TPSA) is 111 Å². The Bertz CT molecular complexity index is 1580. The number of likely N-dealkylation sites (N-methyl/N-ethyl adjacent to an activating group) is 1. The second-order valence-corrected chi connectivity index (χ2v) is 25.2. The molecule has 0 aliphatic heterocycles. The lowest BCUT2D eigenvalue weighted by molar-refractivity contribution is -0.870. The van der Waals surface area contributed by atoms with Crippen LogP contribution in [0.15, 0.2) is 72.9 Å². The summed E-state index contributed by atoms with van der Waals surface area (Å²) in [5.41, 5.74) is 0. The van der Waals surface area contributed by atoms with Crippen LogP contribution < -0.4 is 4.89 Å². The minimum absolute atomic E-state index is 0.0340. The lowest BCUT2D eigenvalue weighted by atomic mass is 10.0. The summed E-state index contributed by atoms with van der Waals surface area (Å²) in [6, 6.07) is 0. The fourth-order valence-corrected chi connectivity index (χ4v) is 10.3. The molecule has 0 saturated carbocycles. The standard InChI is InChI=1S/C70H128NO8P/c1-6-8-10-12-14-16-18-20-22-24-26-28-30-32-34-35-37-38-40-42-44-46-48-50-52-54-56-58-60-62-69(72)76-66-68(67-78-80(74,75)77-65-64-71(3,4)5)79-70(73)63-61-59-57-55-53-51-49-47-45-43-41-39-36-33-31-29-27-25-23-21-19-17-15-13-11-9-7-2/h9,11,15,17,21,23,27,29,33,36,41,43,68H,6-8,10,12-14,16,18-20,22,24-26,28,30-32,34-35,37-40,42,44-67H2,1-5H3/b11-9-,17-15-,23-21-,29-27-,36-33-,43-41-. The molecule has 0 saturated heterocycles. The van der Waals surface area contributed by atoms with Crippen molar-refractivity contribution in [2.24, 2.45) is 0 Å². The lowest BCUT2D eigenvalue weighted by Crippen LogP contribution is -2.37. The van der Waals surface area contributed by atoms with Crippen molar-refractivity contribution in [2.45, 2.75) is 315 Å². The maximum atomic E-state index is 12.8. The van der Waals surface area contributed by atoms with Gasteiger partial charge in [0.15, 0.2) is 6.10 Å². The molecule has 9 nitrogen and oxygen atoms in total. The normalized spacial score (nSPS) is 13.6. The molecule has 0 spiro atoms. The molecule has 0 amide bonds. The van der Waals surface area contributed by atoms with Crippen LogP contribution in [0.25, 0.3) is 0 Å². The Morgan fingerprint density at radius 3 is 1.06 bits per heavy atom. The van der Waals surface area contributed by atoms with E-state index in [4.69, 9.17) is 18.5 Å². The Morgan fingerprint density at radius 1 is 0.400 bits per heavy atom. The van der Waals surface area contributed by atoms with E-state index in [9.17, 15) is 19.0 Å². The van der Waals surface area contributed by atoms with E-state index >= 15 is 0 Å². The molecule has 10 heteroatoms. The van der Waals surface area contributed by atoms with Gasteiger partial charge in [0, 0.05) is 12.8 Å². The number of quaternary nitrogens is 1. The van der Waals surface area contributed by atoms with Crippen molar-refractivity contribution in [3.05, 3.63) is 72.9 Å². The Kier molecular flexibility index (Phi) is 59.1. The summed E-state index contributed by atoms with van der Waals surface area (Å²) in [7, 11) is 1.16. The molecule has 0 aliphatic carbocycles. The highest BCUT2D eigenvalue weighted by molar-refractivity contribution is 7.45. The van der Waals surface area contributed by atoms with Crippen LogP contribution in [0, 0.1) is 0 Å². The van der Waals surface area contributed by atoms with Crippen LogP contribution >= 0.6 is 7.82 Å². The van der Waals surface area contributed by atoms with Crippen LogP contribution in [-0.2, 0) is 32.7 Å². The van der Waals surface area contributed by atoms with E-state index in [1.165, 1.54) is 193 Å². The number of allylic oxidation sites excluding steroid dienone is 12. The molecule has 0 aromatic heterocycles. The fraction of sp³-hybridized carbons (Fsp3) is 0.800. The molecular formula is C70H128NO8P. The van der Waals surface area contributed by atoms with Gasteiger partial charge < -0.3 is 27.9 Å². The van der Waals surface area contributed by atoms with Gasteiger partial charge in [0.2, 0.25) is 0 Å². The minimum atomic E-state index is -4.65. The highest BCUT2D eigenvalue weighted by Crippen LogP contribution is 2.38. The van der Waals surface area contributed by atoms with E-state index in [0.717, 1.165) is 83.5 Å². The van der Waals surface area contributed by atoms with Crippen molar-refractivity contribution in [1.82, 2.24) is 0 Å². The molecule has 0 N–H and O–H groups in total. The maximum Gasteiger partial charge on any atom is 0.306 e. The largest absolute Gasteiger partial charge is 0.756 e. The van der Waals surface area contributed by atoms with Crippen molar-refractivity contribution in [3.8, 4) is 0 Å². The van der Waals surface area contributed by atoms with E-state index in [2.05, 4.69) is 86.8 Å². The molecule has 0 aromatic rings. The van der Waals surface area contributed by atoms with Gasteiger partial charge in [0.1, 0.15) is 19.8 Å². The van der Waals surface area contributed by atoms with Crippen LogP contribution in [0.1, 0.15) is 309 Å². The number of phosphoric ester groups is 1. The average molecular weight is 1140 g/mol. The molecule has 466 valence electrons. The third-order valence-electron chi connectivity index (χ3n) is 14.7. The molecule has 2 unspecified atom stereocenters. The molecular weight excluding hydrogens is 1010 g/mol. The van der Waals surface area contributed by atoms with E-state index in [0.29, 0.717) is 17.4 Å². The van der Waals surface area contributed by atoms with E-state index < -0.39 is 26.5 Å². The SMILES string of the molecule is CC/C=C\C/C=C\C/C=C\C/C=C\C/C=C\C/C=C\CCCCCCCCCCC(=O)OC(COC(=O)CCCCCCCCCCCCCCCCCCCCCCCCCCCCCCC)COP(=O)([O-])OCC[N+](C)(C)C. The first-order valence-electron chi connectivity index (χ1n) is 33.6. The molecule has 0 fully saturated rings. The first-order valence-corrected chi connectivity index (χ1v) is 35.1. The average Bonchev–Trinajstić information content (AvgIpc) is 3.42. The Hall–Kier alpha value is -2.55. The number of carbonyl (C=O) groups is 2. The number of carbonyl (C=O) groups excluding carboxylic acids is 2. The Balaban J connectivity index is 4.07. The van der Waals surface area contributed by atoms with E-state index in [-0.39, 0.29) is 32.0 Å². The van der Waals surface area contributed by atoms with Crippen LogP contribution in [-0.4, -0.2) is 70.0 Å². The van der Waals surface area contributed by atoms with Crippen LogP contribution in [0.4, 0.5) is 0 Å². The van der Waals surface area contributed by atoms with E-state index in [1.807, 2.05) is 21.1 Å². The van der Waals surface area contributed by atoms with Gasteiger partial charge in [-0.25, -0.2) is 0 Å². The third kappa shape index (κ3) is 64.6. The van der Waals surface area contributed by atoms with Crippen LogP contribution in [0.2, 0.25) is 0 Å². The predicted molar refractivity (Wildman–Crippen MR) is 342 cm³/mol. The molecule has 0 aliphatic rings. The van der Waals surface area contributed by atoms with Crippen molar-refractivity contribution in [1.29, 1.82) is 0 Å². The first kappa shape index (κ1) is 77.5. The predicted octanol–water partition coefficient (Wildman–Crippen LogP) is 21.0. The van der Waals surface area contributed by atoms with Crippen LogP contribution in [0.3, 0.4) is 0 Å². The molecule has 0 bridgehead atoms. The monoisotopic (exact) mass is 1140 g/mol. The van der Waals surface area contributed by atoms with Gasteiger partial charge >= 0.3 is 11.9 Å². The van der Waals surface area contributed by atoms with E-state index in [1.54, 1.807) is 0 Å². The molecule has 2 atom stereocenters. The zero-order valence-corrected chi connectivity index (χ0v) is 53.9. The van der Waals surface area contributed by atoms with Gasteiger partial charge in [0.05, 0.1) is 27.7 Å². The second-order valence-electron chi connectivity index (χ2n) is 23.8. The summed E-state index contributed by atoms with van der Waals surface area (Å²) < 4.78 is 34.3. The zero-order chi connectivity index (χ0) is 58.4. The van der Waals surface area contributed by atoms with Crippen molar-refractivity contribution in [3.63, 3.8) is 0 Å². The lowest BCUT2D eigenvalue weighted by Gasteiger charge is -2.28. The maximum absolute atomic E-state index is 12.8. The number of hydrogen-bond acceptors (Lipinski definition) is 8. The van der Waals surface area contributed by atoms with Crippen LogP contribution in [0.5, 0.6) is 0 Å². The highest BCUT2D eigenvalue weighted by atomic mass is 31.2. The number of esters is 2. The zero-order valence-electron chi connectivity index (χ0n) is 53.0. The summed E-state index contributed by atoms with van der Waals surface area (Å²) in [6.45, 7) is 4.16. The quantitative estimate of drug-likeness (QED) is 0.0195. The summed E-state index contributed by atoms with van der Waals surface area (Å²) in [6.07, 6.45) is 81.2. The number of rotatable bonds is 62. The van der Waals surface area contributed by atoms with Gasteiger partial charge in [-0.2, -0.15) is 0 Å². The van der Waals surface area contributed by atoms with Gasteiger partial charge in [-0.05, 0) is 64.2 Å². The number of unbranched alkanes of at least 4 members (excludes halogenated alkanes) is 36. The van der Waals surface area contributed by atoms with Crippen molar-refractivity contribution < 1.29 is 42.1 Å². The number of ether oxygens (including phenoxy) is 2. The van der Waals surface area contributed by atoms with Gasteiger partial charge in [-0.3, -0.25) is 14.2 Å². The number of hydrogen-bond donors (Lipinski definition) is 0. The summed E-state index contributed by atoms with van der Waals surface area (Å²) in [5.74, 6) is -0.832. The number of phosphoric acid groups is 1. The number of nitrogens with zero attached hydrogens (tertiary/aromatic N) is 1.